The summed E-state index contributed by atoms with van der Waals surface area (Å²) in [6.07, 6.45) is 7.11. The minimum Gasteiger partial charge on any atom is -0.506 e. The van der Waals surface area contributed by atoms with Gasteiger partial charge in [0, 0.05) is 13.1 Å². The highest BCUT2D eigenvalue weighted by Crippen LogP contribution is 2.42. The number of morpholine rings is 1. The summed E-state index contributed by atoms with van der Waals surface area (Å²) in [5.41, 5.74) is 1.69. The number of nitriles is 2. The van der Waals surface area contributed by atoms with E-state index in [1.807, 2.05) is 30.4 Å². The van der Waals surface area contributed by atoms with E-state index in [9.17, 15) is 20.4 Å². The Balaban J connectivity index is 1.63. The number of ether oxygens (including phenoxy) is 1. The average molecular weight is 527 g/mol. The molecule has 3 heterocycles. The summed E-state index contributed by atoms with van der Waals surface area (Å²) >= 11 is 1.43. The molecule has 1 aromatic carbocycles. The number of anilines is 1. The second-order valence-corrected chi connectivity index (χ2v) is 11.1. The zero-order valence-corrected chi connectivity index (χ0v) is 22.0. The number of aromatic nitrogens is 1. The van der Waals surface area contributed by atoms with Gasteiger partial charge in [0.15, 0.2) is 5.13 Å². The lowest BCUT2D eigenvalue weighted by Crippen LogP contribution is -2.36. The highest BCUT2D eigenvalue weighted by atomic mass is 32.1. The van der Waals surface area contributed by atoms with Crippen molar-refractivity contribution in [1.29, 1.82) is 10.5 Å². The van der Waals surface area contributed by atoms with Crippen LogP contribution in [0.4, 0.5) is 5.13 Å². The van der Waals surface area contributed by atoms with Crippen molar-refractivity contribution in [3.63, 3.8) is 0 Å². The van der Waals surface area contributed by atoms with E-state index >= 15 is 0 Å². The van der Waals surface area contributed by atoms with Crippen molar-refractivity contribution in [3.8, 4) is 29.1 Å². The Hall–Kier alpha value is -4.18. The predicted molar refractivity (Wildman–Crippen MR) is 147 cm³/mol. The van der Waals surface area contributed by atoms with Gasteiger partial charge < -0.3 is 19.2 Å². The molecule has 0 spiro atoms. The smallest absolute Gasteiger partial charge is 0.349 e. The van der Waals surface area contributed by atoms with Crippen LogP contribution < -0.4 is 10.5 Å². The van der Waals surface area contributed by atoms with Gasteiger partial charge in [-0.2, -0.15) is 10.5 Å². The fourth-order valence-electron chi connectivity index (χ4n) is 4.92. The molecule has 0 bridgehead atoms. The number of thiazole rings is 1. The van der Waals surface area contributed by atoms with Gasteiger partial charge in [0.25, 0.3) is 0 Å². The summed E-state index contributed by atoms with van der Waals surface area (Å²) < 4.78 is 11.0. The summed E-state index contributed by atoms with van der Waals surface area (Å²) in [4.78, 5) is 20.7. The Bertz CT molecular complexity index is 1620. The molecule has 0 atom stereocenters. The molecule has 0 unspecified atom stereocenters. The molecular formula is C29H26N4O4S. The van der Waals surface area contributed by atoms with Gasteiger partial charge in [0.05, 0.1) is 23.5 Å². The van der Waals surface area contributed by atoms with Crippen LogP contribution in [-0.2, 0) is 4.74 Å². The molecule has 9 heteroatoms. The van der Waals surface area contributed by atoms with Crippen LogP contribution in [-0.4, -0.2) is 36.4 Å². The van der Waals surface area contributed by atoms with E-state index < -0.39 is 5.63 Å². The summed E-state index contributed by atoms with van der Waals surface area (Å²) in [6.45, 7) is 6.72. The van der Waals surface area contributed by atoms with E-state index in [0.29, 0.717) is 54.3 Å². The Morgan fingerprint density at radius 3 is 2.63 bits per heavy atom. The fraction of sp³-hybridized carbons (Fsp3) is 0.310. The van der Waals surface area contributed by atoms with Gasteiger partial charge in [-0.15, -0.1) is 0 Å². The highest BCUT2D eigenvalue weighted by molar-refractivity contribution is 7.17. The van der Waals surface area contributed by atoms with Crippen LogP contribution in [0.1, 0.15) is 31.6 Å². The van der Waals surface area contributed by atoms with Gasteiger partial charge in [-0.05, 0) is 47.6 Å². The monoisotopic (exact) mass is 526 g/mol. The lowest BCUT2D eigenvalue weighted by molar-refractivity contribution is 0.122. The zero-order valence-electron chi connectivity index (χ0n) is 21.2. The van der Waals surface area contributed by atoms with Crippen molar-refractivity contribution in [1.82, 2.24) is 4.98 Å². The van der Waals surface area contributed by atoms with E-state index in [1.165, 1.54) is 11.3 Å². The highest BCUT2D eigenvalue weighted by Gasteiger charge is 2.28. The third kappa shape index (κ3) is 4.99. The van der Waals surface area contributed by atoms with Crippen molar-refractivity contribution >= 4 is 33.5 Å². The maximum absolute atomic E-state index is 13.1. The van der Waals surface area contributed by atoms with Crippen LogP contribution in [0.2, 0.25) is 0 Å². The van der Waals surface area contributed by atoms with E-state index in [-0.39, 0.29) is 22.3 Å². The number of rotatable bonds is 4. The van der Waals surface area contributed by atoms with Crippen LogP contribution in [0, 0.1) is 28.1 Å². The van der Waals surface area contributed by atoms with E-state index in [0.717, 1.165) is 22.7 Å². The van der Waals surface area contributed by atoms with Crippen molar-refractivity contribution < 1.29 is 14.3 Å². The second-order valence-electron chi connectivity index (χ2n) is 10.1. The van der Waals surface area contributed by atoms with E-state index in [1.54, 1.807) is 24.3 Å². The number of benzene rings is 1. The molecule has 192 valence electrons. The molecule has 2 aliphatic rings. The first-order valence-corrected chi connectivity index (χ1v) is 13.1. The van der Waals surface area contributed by atoms with E-state index in [4.69, 9.17) is 14.1 Å². The SMILES string of the molecule is CC1(C)CC(/C=C/c2sc(N3CCOCC3)nc2-c2c(O)c3ccccc3oc2=O)=CC(=C(C#N)C#N)C1. The van der Waals surface area contributed by atoms with Crippen molar-refractivity contribution in [2.75, 3.05) is 31.2 Å². The third-order valence-electron chi connectivity index (χ3n) is 6.65. The predicted octanol–water partition coefficient (Wildman–Crippen LogP) is 5.56. The minimum atomic E-state index is -0.661. The molecule has 1 aliphatic carbocycles. The lowest BCUT2D eigenvalue weighted by Gasteiger charge is -2.30. The van der Waals surface area contributed by atoms with Gasteiger partial charge in [-0.25, -0.2) is 9.78 Å². The summed E-state index contributed by atoms with van der Waals surface area (Å²) in [7, 11) is 0. The van der Waals surface area contributed by atoms with Gasteiger partial charge in [-0.3, -0.25) is 0 Å². The number of hydrogen-bond acceptors (Lipinski definition) is 9. The Labute approximate surface area is 224 Å². The Kier molecular flexibility index (Phi) is 6.90. The molecule has 5 rings (SSSR count). The first-order chi connectivity index (χ1) is 18.3. The van der Waals surface area contributed by atoms with Crippen LogP contribution in [0.25, 0.3) is 28.3 Å². The normalized spacial score (nSPS) is 17.3. The molecule has 0 saturated carbocycles. The second kappa shape index (κ2) is 10.3. The lowest BCUT2D eigenvalue weighted by atomic mass is 9.74. The third-order valence-corrected chi connectivity index (χ3v) is 7.73. The molecular weight excluding hydrogens is 500 g/mol. The van der Waals surface area contributed by atoms with Crippen LogP contribution >= 0.6 is 11.3 Å². The molecule has 38 heavy (non-hydrogen) atoms. The topological polar surface area (TPSA) is 123 Å². The molecule has 8 nitrogen and oxygen atoms in total. The van der Waals surface area contributed by atoms with Crippen LogP contribution in [0.5, 0.6) is 5.75 Å². The molecule has 1 saturated heterocycles. The molecule has 1 fully saturated rings. The van der Waals surface area contributed by atoms with Crippen molar-refractivity contribution in [3.05, 3.63) is 68.4 Å². The zero-order chi connectivity index (χ0) is 26.9. The number of hydrogen-bond donors (Lipinski definition) is 1. The van der Waals surface area contributed by atoms with Crippen molar-refractivity contribution in [2.45, 2.75) is 26.7 Å². The van der Waals surface area contributed by atoms with Gasteiger partial charge in [-0.1, -0.05) is 49.5 Å². The molecule has 1 N–H and O–H groups in total. The van der Waals surface area contributed by atoms with Crippen molar-refractivity contribution in [2.24, 2.45) is 5.41 Å². The quantitative estimate of drug-likeness (QED) is 0.346. The number of para-hydroxylation sites is 1. The minimum absolute atomic E-state index is 0.0221. The number of allylic oxidation sites excluding steroid dienone is 5. The maximum atomic E-state index is 13.1. The number of aromatic hydroxyl groups is 1. The Morgan fingerprint density at radius 2 is 1.89 bits per heavy atom. The first-order valence-electron chi connectivity index (χ1n) is 12.3. The number of nitrogens with zero attached hydrogens (tertiary/aromatic N) is 4. The Morgan fingerprint density at radius 1 is 1.16 bits per heavy atom. The molecule has 0 amide bonds. The summed E-state index contributed by atoms with van der Waals surface area (Å²) in [5, 5.41) is 31.1. The first kappa shape index (κ1) is 25.5. The van der Waals surface area contributed by atoms with Crippen LogP contribution in [0.15, 0.2) is 62.3 Å². The molecule has 3 aromatic rings. The molecule has 0 radical (unpaired) electrons. The fourth-order valence-corrected chi connectivity index (χ4v) is 5.95. The summed E-state index contributed by atoms with van der Waals surface area (Å²) in [5.74, 6) is -0.166. The standard InChI is InChI=1S/C29H26N4O4S/c1-29(2)14-18(13-19(15-29)20(16-30)17-31)7-8-23-25(32-28(38-23)33-9-11-36-12-10-33)24-26(34)21-5-3-4-6-22(21)37-27(24)35/h3-8,13,34H,9-12,14-15H2,1-2H3/b8-7+. The largest absolute Gasteiger partial charge is 0.506 e. The molecule has 2 aromatic heterocycles. The van der Waals surface area contributed by atoms with Gasteiger partial charge in [0.2, 0.25) is 0 Å². The average Bonchev–Trinajstić information content (AvgIpc) is 3.32. The van der Waals surface area contributed by atoms with Gasteiger partial charge >= 0.3 is 5.63 Å². The maximum Gasteiger partial charge on any atom is 0.349 e. The number of fused-ring (bicyclic) bond motifs is 1. The van der Waals surface area contributed by atoms with E-state index in [2.05, 4.69) is 18.7 Å². The van der Waals surface area contributed by atoms with Crippen LogP contribution in [0.3, 0.4) is 0 Å². The molecule has 1 aliphatic heterocycles. The summed E-state index contributed by atoms with van der Waals surface area (Å²) in [6, 6.07) is 10.9. The van der Waals surface area contributed by atoms with Gasteiger partial charge in [0.1, 0.15) is 40.3 Å².